The Kier molecular flexibility index (Phi) is 5.64. The van der Waals surface area contributed by atoms with E-state index < -0.39 is 23.1 Å². The van der Waals surface area contributed by atoms with Crippen molar-refractivity contribution >= 4 is 12.2 Å². The second-order valence-electron chi connectivity index (χ2n) is 6.18. The molecule has 0 aliphatic carbocycles. The lowest BCUT2D eigenvalue weighted by Crippen LogP contribution is -2.16. The molecule has 0 atom stereocenters. The number of hydrogen-bond donors (Lipinski definition) is 2. The van der Waals surface area contributed by atoms with Crippen molar-refractivity contribution in [2.45, 2.75) is 13.1 Å². The van der Waals surface area contributed by atoms with Crippen molar-refractivity contribution in [2.75, 3.05) is 5.43 Å². The molecule has 3 rings (SSSR count). The van der Waals surface area contributed by atoms with Crippen molar-refractivity contribution in [3.63, 3.8) is 0 Å². The second-order valence-corrected chi connectivity index (χ2v) is 6.18. The normalized spacial score (nSPS) is 11.5. The van der Waals surface area contributed by atoms with E-state index in [2.05, 4.69) is 20.5 Å². The molecule has 0 aliphatic rings. The number of anilines is 1. The molecule has 2 aromatic carbocycles. The number of benzene rings is 2. The third-order valence-corrected chi connectivity index (χ3v) is 4.04. The standard InChI is InChI=1S/C20H13F4N5O/c1-11-7-12(8-15(16(11)21)20(22,23)24)10-26-29-19-27-17(13-5-3-2-4-6-13)14(9-25)18(30)28-19/h2-8,10H,1H3,(H2,27,28,29,30). The quantitative estimate of drug-likeness (QED) is 0.379. The lowest BCUT2D eigenvalue weighted by molar-refractivity contribution is -0.140. The molecule has 30 heavy (non-hydrogen) atoms. The zero-order chi connectivity index (χ0) is 21.9. The third kappa shape index (κ3) is 4.35. The van der Waals surface area contributed by atoms with Crippen molar-refractivity contribution in [3.8, 4) is 17.3 Å². The number of aromatic amines is 1. The number of halogens is 4. The Morgan fingerprint density at radius 3 is 2.57 bits per heavy atom. The molecule has 0 fully saturated rings. The number of H-pyrrole nitrogens is 1. The molecule has 3 aromatic rings. The third-order valence-electron chi connectivity index (χ3n) is 4.04. The Morgan fingerprint density at radius 1 is 1.23 bits per heavy atom. The first-order valence-electron chi connectivity index (χ1n) is 8.47. The van der Waals surface area contributed by atoms with Gasteiger partial charge in [-0.3, -0.25) is 9.78 Å². The maximum absolute atomic E-state index is 13.7. The molecule has 0 unspecified atom stereocenters. The molecule has 0 aliphatic heterocycles. The lowest BCUT2D eigenvalue weighted by atomic mass is 10.1. The number of hydrazone groups is 1. The van der Waals surface area contributed by atoms with Gasteiger partial charge in [-0.25, -0.2) is 14.8 Å². The molecule has 0 saturated heterocycles. The highest BCUT2D eigenvalue weighted by Crippen LogP contribution is 2.33. The maximum atomic E-state index is 13.7. The Labute approximate surface area is 167 Å². The largest absolute Gasteiger partial charge is 0.419 e. The molecule has 0 radical (unpaired) electrons. The van der Waals surface area contributed by atoms with Crippen LogP contribution >= 0.6 is 0 Å². The summed E-state index contributed by atoms with van der Waals surface area (Å²) in [6, 6.07) is 12.1. The van der Waals surface area contributed by atoms with Gasteiger partial charge in [-0.1, -0.05) is 30.3 Å². The van der Waals surface area contributed by atoms with Crippen molar-refractivity contribution < 1.29 is 17.6 Å². The second kappa shape index (κ2) is 8.16. The molecule has 1 heterocycles. The van der Waals surface area contributed by atoms with Gasteiger partial charge in [0.2, 0.25) is 5.95 Å². The highest BCUT2D eigenvalue weighted by atomic mass is 19.4. The maximum Gasteiger partial charge on any atom is 0.419 e. The molecule has 6 nitrogen and oxygen atoms in total. The molecule has 1 aromatic heterocycles. The molecule has 0 spiro atoms. The van der Waals surface area contributed by atoms with Gasteiger partial charge in [-0.15, -0.1) is 0 Å². The van der Waals surface area contributed by atoms with Gasteiger partial charge in [-0.05, 0) is 30.2 Å². The summed E-state index contributed by atoms with van der Waals surface area (Å²) in [7, 11) is 0. The number of rotatable bonds is 4. The predicted molar refractivity (Wildman–Crippen MR) is 102 cm³/mol. The van der Waals surface area contributed by atoms with Crippen LogP contribution in [0.5, 0.6) is 0 Å². The molecule has 152 valence electrons. The van der Waals surface area contributed by atoms with E-state index in [1.54, 1.807) is 36.4 Å². The molecule has 10 heteroatoms. The van der Waals surface area contributed by atoms with Gasteiger partial charge in [0.25, 0.3) is 5.56 Å². The van der Waals surface area contributed by atoms with Crippen LogP contribution in [0, 0.1) is 24.1 Å². The van der Waals surface area contributed by atoms with Crippen LogP contribution in [0.3, 0.4) is 0 Å². The highest BCUT2D eigenvalue weighted by Gasteiger charge is 2.35. The van der Waals surface area contributed by atoms with Crippen LogP contribution in [0.1, 0.15) is 22.3 Å². The summed E-state index contributed by atoms with van der Waals surface area (Å²) in [5.74, 6) is -1.47. The Morgan fingerprint density at radius 2 is 1.93 bits per heavy atom. The number of hydrogen-bond acceptors (Lipinski definition) is 5. The average Bonchev–Trinajstić information content (AvgIpc) is 2.70. The van der Waals surface area contributed by atoms with Crippen LogP contribution in [0.25, 0.3) is 11.3 Å². The fourth-order valence-electron chi connectivity index (χ4n) is 2.68. The van der Waals surface area contributed by atoms with E-state index in [1.807, 2.05) is 0 Å². The van der Waals surface area contributed by atoms with E-state index in [1.165, 1.54) is 13.0 Å². The van der Waals surface area contributed by atoms with Gasteiger partial charge in [0.1, 0.15) is 17.4 Å². The van der Waals surface area contributed by atoms with Crippen LogP contribution in [-0.2, 0) is 6.18 Å². The molecular formula is C20H13F4N5O. The molecule has 0 saturated carbocycles. The topological polar surface area (TPSA) is 93.9 Å². The molecular weight excluding hydrogens is 402 g/mol. The van der Waals surface area contributed by atoms with E-state index >= 15 is 0 Å². The number of nitriles is 1. The van der Waals surface area contributed by atoms with Crippen molar-refractivity contribution in [2.24, 2.45) is 5.10 Å². The van der Waals surface area contributed by atoms with Crippen molar-refractivity contribution in [3.05, 3.63) is 80.9 Å². The van der Waals surface area contributed by atoms with Crippen LogP contribution < -0.4 is 11.0 Å². The fourth-order valence-corrected chi connectivity index (χ4v) is 2.68. The van der Waals surface area contributed by atoms with Crippen molar-refractivity contribution in [1.82, 2.24) is 9.97 Å². The summed E-state index contributed by atoms with van der Waals surface area (Å²) in [5.41, 5.74) is 0.549. The summed E-state index contributed by atoms with van der Waals surface area (Å²) in [5, 5.41) is 13.0. The Bertz CT molecular complexity index is 1210. The van der Waals surface area contributed by atoms with E-state index in [-0.39, 0.29) is 28.3 Å². The van der Waals surface area contributed by atoms with Gasteiger partial charge in [0.15, 0.2) is 0 Å². The number of aromatic nitrogens is 2. The van der Waals surface area contributed by atoms with Crippen LogP contribution in [0.4, 0.5) is 23.5 Å². The number of alkyl halides is 3. The summed E-state index contributed by atoms with van der Waals surface area (Å²) in [6.45, 7) is 1.21. The summed E-state index contributed by atoms with van der Waals surface area (Å²) >= 11 is 0. The lowest BCUT2D eigenvalue weighted by Gasteiger charge is -2.10. The Hall–Kier alpha value is -4.00. The Balaban J connectivity index is 1.93. The summed E-state index contributed by atoms with van der Waals surface area (Å²) < 4.78 is 52.6. The monoisotopic (exact) mass is 415 g/mol. The number of nitrogens with one attached hydrogen (secondary N) is 2. The summed E-state index contributed by atoms with van der Waals surface area (Å²) in [6.07, 6.45) is -3.82. The van der Waals surface area contributed by atoms with Crippen LogP contribution in [0.15, 0.2) is 52.4 Å². The van der Waals surface area contributed by atoms with Gasteiger partial charge < -0.3 is 0 Å². The smallest absolute Gasteiger partial charge is 0.290 e. The molecule has 0 amide bonds. The van der Waals surface area contributed by atoms with E-state index in [0.29, 0.717) is 11.6 Å². The highest BCUT2D eigenvalue weighted by molar-refractivity contribution is 5.81. The minimum absolute atomic E-state index is 0.00648. The predicted octanol–water partition coefficient (Wildman–Crippen LogP) is 4.22. The van der Waals surface area contributed by atoms with Gasteiger partial charge in [0, 0.05) is 5.56 Å². The van der Waals surface area contributed by atoms with E-state index in [0.717, 1.165) is 6.21 Å². The number of aryl methyl sites for hydroxylation is 1. The number of nitrogens with zero attached hydrogens (tertiary/aromatic N) is 3. The van der Waals surface area contributed by atoms with Crippen LogP contribution in [-0.4, -0.2) is 16.2 Å². The fraction of sp³-hybridized carbons (Fsp3) is 0.100. The SMILES string of the molecule is Cc1cc(C=NNc2nc(-c3ccccc3)c(C#N)c(=O)[nH]2)cc(C(F)(F)F)c1F. The van der Waals surface area contributed by atoms with Crippen LogP contribution in [0.2, 0.25) is 0 Å². The van der Waals surface area contributed by atoms with Gasteiger partial charge in [-0.2, -0.15) is 23.5 Å². The van der Waals surface area contributed by atoms with Gasteiger partial charge >= 0.3 is 6.18 Å². The van der Waals surface area contributed by atoms with E-state index in [9.17, 15) is 27.6 Å². The van der Waals surface area contributed by atoms with Gasteiger partial charge in [0.05, 0.1) is 17.5 Å². The van der Waals surface area contributed by atoms with E-state index in [4.69, 9.17) is 0 Å². The first-order valence-corrected chi connectivity index (χ1v) is 8.47. The zero-order valence-electron chi connectivity index (χ0n) is 15.4. The molecule has 2 N–H and O–H groups in total. The summed E-state index contributed by atoms with van der Waals surface area (Å²) in [4.78, 5) is 18.6. The minimum atomic E-state index is -4.85. The average molecular weight is 415 g/mol. The minimum Gasteiger partial charge on any atom is -0.290 e. The first kappa shape index (κ1) is 20.7. The molecule has 0 bridgehead atoms. The first-order chi connectivity index (χ1) is 14.2. The zero-order valence-corrected chi connectivity index (χ0v) is 15.4. The van der Waals surface area contributed by atoms with Crippen molar-refractivity contribution in [1.29, 1.82) is 5.26 Å².